The molecule has 1 aromatic heterocycles. The van der Waals surface area contributed by atoms with E-state index >= 15 is 0 Å². The number of urea groups is 1. The van der Waals surface area contributed by atoms with Crippen LogP contribution in [0.5, 0.6) is 0 Å². The van der Waals surface area contributed by atoms with Crippen molar-refractivity contribution in [1.29, 1.82) is 0 Å². The zero-order chi connectivity index (χ0) is 15.4. The summed E-state index contributed by atoms with van der Waals surface area (Å²) in [7, 11) is 0. The molecule has 1 aromatic carbocycles. The van der Waals surface area contributed by atoms with E-state index in [9.17, 15) is 9.59 Å². The Balaban J connectivity index is 2.00. The SMILES string of the molecule is O=C(O)Cn1cc(NC(=O)Nc2cccc(Cl)c2Cl)cn1. The minimum Gasteiger partial charge on any atom is -0.480 e. The summed E-state index contributed by atoms with van der Waals surface area (Å²) in [5.41, 5.74) is 0.714. The standard InChI is InChI=1S/C12H10Cl2N4O3/c13-8-2-1-3-9(11(8)14)17-12(21)16-7-4-15-18(5-7)6-10(19)20/h1-5H,6H2,(H,19,20)(H2,16,17,21). The molecular weight excluding hydrogens is 319 g/mol. The fraction of sp³-hybridized carbons (Fsp3) is 0.0833. The number of aliphatic carboxylic acids is 1. The fourth-order valence-corrected chi connectivity index (χ4v) is 1.89. The van der Waals surface area contributed by atoms with Crippen molar-refractivity contribution < 1.29 is 14.7 Å². The van der Waals surface area contributed by atoms with Crippen molar-refractivity contribution in [3.05, 3.63) is 40.6 Å². The van der Waals surface area contributed by atoms with Crippen LogP contribution >= 0.6 is 23.2 Å². The van der Waals surface area contributed by atoms with Gasteiger partial charge in [0, 0.05) is 6.20 Å². The molecule has 0 radical (unpaired) electrons. The fourth-order valence-electron chi connectivity index (χ4n) is 1.54. The van der Waals surface area contributed by atoms with E-state index < -0.39 is 12.0 Å². The minimum absolute atomic E-state index is 0.232. The van der Waals surface area contributed by atoms with E-state index in [1.54, 1.807) is 18.2 Å². The highest BCUT2D eigenvalue weighted by Gasteiger charge is 2.09. The topological polar surface area (TPSA) is 96.2 Å². The second-order valence-corrected chi connectivity index (χ2v) is 4.79. The molecule has 110 valence electrons. The van der Waals surface area contributed by atoms with Gasteiger partial charge in [-0.1, -0.05) is 29.3 Å². The van der Waals surface area contributed by atoms with Crippen LogP contribution < -0.4 is 10.6 Å². The monoisotopic (exact) mass is 328 g/mol. The van der Waals surface area contributed by atoms with Gasteiger partial charge in [0.1, 0.15) is 6.54 Å². The van der Waals surface area contributed by atoms with Gasteiger partial charge in [-0.05, 0) is 12.1 Å². The molecule has 7 nitrogen and oxygen atoms in total. The summed E-state index contributed by atoms with van der Waals surface area (Å²) in [5.74, 6) is -1.03. The average Bonchev–Trinajstić information content (AvgIpc) is 2.81. The number of anilines is 2. The highest BCUT2D eigenvalue weighted by Crippen LogP contribution is 2.29. The van der Waals surface area contributed by atoms with Crippen LogP contribution in [-0.2, 0) is 11.3 Å². The first-order valence-corrected chi connectivity index (χ1v) is 6.47. The Labute approximate surface area is 129 Å². The van der Waals surface area contributed by atoms with E-state index in [0.29, 0.717) is 16.4 Å². The largest absolute Gasteiger partial charge is 0.480 e. The van der Waals surface area contributed by atoms with E-state index in [1.165, 1.54) is 17.1 Å². The van der Waals surface area contributed by atoms with Crippen LogP contribution in [0.3, 0.4) is 0 Å². The van der Waals surface area contributed by atoms with Crippen LogP contribution in [0.1, 0.15) is 0 Å². The van der Waals surface area contributed by atoms with E-state index in [4.69, 9.17) is 28.3 Å². The Morgan fingerprint density at radius 2 is 2.05 bits per heavy atom. The quantitative estimate of drug-likeness (QED) is 0.803. The summed E-state index contributed by atoms with van der Waals surface area (Å²) in [4.78, 5) is 22.3. The average molecular weight is 329 g/mol. The van der Waals surface area contributed by atoms with Crippen molar-refractivity contribution in [1.82, 2.24) is 9.78 Å². The normalized spacial score (nSPS) is 10.2. The van der Waals surface area contributed by atoms with Gasteiger partial charge in [0.15, 0.2) is 0 Å². The number of nitrogens with zero attached hydrogens (tertiary/aromatic N) is 2. The van der Waals surface area contributed by atoms with Crippen LogP contribution in [0.25, 0.3) is 0 Å². The van der Waals surface area contributed by atoms with Crippen LogP contribution in [-0.4, -0.2) is 26.9 Å². The van der Waals surface area contributed by atoms with Gasteiger partial charge >= 0.3 is 12.0 Å². The van der Waals surface area contributed by atoms with Gasteiger partial charge in [-0.3, -0.25) is 9.48 Å². The molecule has 2 amide bonds. The summed E-state index contributed by atoms with van der Waals surface area (Å²) in [6.07, 6.45) is 2.73. The number of carbonyl (C=O) groups is 2. The molecule has 0 saturated carbocycles. The molecule has 9 heteroatoms. The molecule has 0 bridgehead atoms. The number of carboxylic acid groups (broad SMARTS) is 1. The highest BCUT2D eigenvalue weighted by molar-refractivity contribution is 6.44. The predicted molar refractivity (Wildman–Crippen MR) is 79.0 cm³/mol. The number of carbonyl (C=O) groups excluding carboxylic acids is 1. The maximum Gasteiger partial charge on any atom is 0.325 e. The number of amides is 2. The molecule has 0 spiro atoms. The van der Waals surface area contributed by atoms with Crippen molar-refractivity contribution in [2.75, 3.05) is 10.6 Å². The van der Waals surface area contributed by atoms with Gasteiger partial charge in [0.25, 0.3) is 0 Å². The molecule has 1 heterocycles. The summed E-state index contributed by atoms with van der Waals surface area (Å²) < 4.78 is 1.18. The van der Waals surface area contributed by atoms with Crippen molar-refractivity contribution in [2.24, 2.45) is 0 Å². The first-order valence-electron chi connectivity index (χ1n) is 5.72. The number of hydrogen-bond acceptors (Lipinski definition) is 3. The molecule has 2 rings (SSSR count). The second-order valence-electron chi connectivity index (χ2n) is 4.00. The lowest BCUT2D eigenvalue weighted by Gasteiger charge is -2.08. The Bertz CT molecular complexity index is 687. The van der Waals surface area contributed by atoms with E-state index in [-0.39, 0.29) is 11.6 Å². The summed E-state index contributed by atoms with van der Waals surface area (Å²) in [5, 5.41) is 18.0. The number of benzene rings is 1. The molecule has 3 N–H and O–H groups in total. The molecule has 0 saturated heterocycles. The molecule has 0 aliphatic carbocycles. The maximum atomic E-state index is 11.8. The number of hydrogen-bond donors (Lipinski definition) is 3. The second kappa shape index (κ2) is 6.47. The van der Waals surface area contributed by atoms with Crippen LogP contribution in [0.2, 0.25) is 10.0 Å². The van der Waals surface area contributed by atoms with E-state index in [0.717, 1.165) is 0 Å². The molecule has 0 fully saturated rings. The molecule has 0 unspecified atom stereocenters. The van der Waals surface area contributed by atoms with Gasteiger partial charge in [-0.15, -0.1) is 0 Å². The molecule has 2 aromatic rings. The maximum absolute atomic E-state index is 11.8. The molecule has 0 aliphatic heterocycles. The zero-order valence-electron chi connectivity index (χ0n) is 10.5. The van der Waals surface area contributed by atoms with Crippen LogP contribution in [0.15, 0.2) is 30.6 Å². The lowest BCUT2D eigenvalue weighted by Crippen LogP contribution is -2.19. The lowest BCUT2D eigenvalue weighted by molar-refractivity contribution is -0.137. The van der Waals surface area contributed by atoms with Crippen molar-refractivity contribution in [3.8, 4) is 0 Å². The third kappa shape index (κ3) is 4.11. The van der Waals surface area contributed by atoms with E-state index in [2.05, 4.69) is 15.7 Å². The zero-order valence-corrected chi connectivity index (χ0v) is 12.0. The summed E-state index contributed by atoms with van der Waals surface area (Å²) in [6.45, 7) is -0.288. The Hall–Kier alpha value is -2.25. The Morgan fingerprint density at radius 1 is 1.29 bits per heavy atom. The van der Waals surface area contributed by atoms with Gasteiger partial charge in [-0.25, -0.2) is 4.79 Å². The number of aromatic nitrogens is 2. The Morgan fingerprint density at radius 3 is 2.76 bits per heavy atom. The van der Waals surface area contributed by atoms with Crippen LogP contribution in [0.4, 0.5) is 16.2 Å². The van der Waals surface area contributed by atoms with Crippen molar-refractivity contribution in [3.63, 3.8) is 0 Å². The molecule has 0 atom stereocenters. The van der Waals surface area contributed by atoms with Gasteiger partial charge in [0.05, 0.1) is 27.6 Å². The smallest absolute Gasteiger partial charge is 0.325 e. The highest BCUT2D eigenvalue weighted by atomic mass is 35.5. The van der Waals surface area contributed by atoms with Crippen molar-refractivity contribution in [2.45, 2.75) is 6.54 Å². The third-order valence-corrected chi connectivity index (χ3v) is 3.21. The number of nitrogens with one attached hydrogen (secondary N) is 2. The van der Waals surface area contributed by atoms with Crippen molar-refractivity contribution >= 4 is 46.6 Å². The van der Waals surface area contributed by atoms with E-state index in [1.807, 2.05) is 0 Å². The number of carboxylic acids is 1. The molecular formula is C12H10Cl2N4O3. The first kappa shape index (κ1) is 15.1. The minimum atomic E-state index is -1.03. The molecule has 21 heavy (non-hydrogen) atoms. The third-order valence-electron chi connectivity index (χ3n) is 2.39. The van der Waals surface area contributed by atoms with Gasteiger partial charge in [0.2, 0.25) is 0 Å². The van der Waals surface area contributed by atoms with Crippen LogP contribution in [0, 0.1) is 0 Å². The summed E-state index contributed by atoms with van der Waals surface area (Å²) >= 11 is 11.8. The molecule has 0 aliphatic rings. The number of halogens is 2. The van der Waals surface area contributed by atoms with Gasteiger partial charge < -0.3 is 15.7 Å². The van der Waals surface area contributed by atoms with Gasteiger partial charge in [-0.2, -0.15) is 5.10 Å². The number of rotatable bonds is 4. The first-order chi connectivity index (χ1) is 9.95. The lowest BCUT2D eigenvalue weighted by atomic mass is 10.3. The Kier molecular flexibility index (Phi) is 4.66. The predicted octanol–water partition coefficient (Wildman–Crippen LogP) is 2.92. The summed E-state index contributed by atoms with van der Waals surface area (Å²) in [6, 6.07) is 4.30.